The van der Waals surface area contributed by atoms with E-state index in [9.17, 15) is 14.4 Å². The summed E-state index contributed by atoms with van der Waals surface area (Å²) in [6, 6.07) is 7.00. The van der Waals surface area contributed by atoms with Gasteiger partial charge in [0.25, 0.3) is 0 Å². The largest absolute Gasteiger partial charge is 0.495 e. The van der Waals surface area contributed by atoms with E-state index >= 15 is 0 Å². The van der Waals surface area contributed by atoms with E-state index in [1.165, 1.54) is 24.8 Å². The molecule has 0 aliphatic carbocycles. The lowest BCUT2D eigenvalue weighted by Gasteiger charge is -2.13. The van der Waals surface area contributed by atoms with Crippen LogP contribution in [0.5, 0.6) is 5.75 Å². The fraction of sp³-hybridized carbons (Fsp3) is 0.263. The molecule has 0 saturated carbocycles. The van der Waals surface area contributed by atoms with Gasteiger partial charge in [-0.15, -0.1) is 11.3 Å². The molecule has 1 heterocycles. The van der Waals surface area contributed by atoms with Crippen LogP contribution >= 0.6 is 22.9 Å². The van der Waals surface area contributed by atoms with Crippen molar-refractivity contribution in [3.63, 3.8) is 0 Å². The molecular formula is C19H21ClN4O4S. The van der Waals surface area contributed by atoms with Crippen LogP contribution in [0.1, 0.15) is 10.4 Å². The second-order valence-electron chi connectivity index (χ2n) is 6.03. The lowest BCUT2D eigenvalue weighted by molar-refractivity contribution is -0.126. The van der Waals surface area contributed by atoms with Gasteiger partial charge in [-0.25, -0.2) is 4.99 Å². The van der Waals surface area contributed by atoms with Gasteiger partial charge < -0.3 is 15.4 Å². The number of methoxy groups -OCH3 is 1. The lowest BCUT2D eigenvalue weighted by Crippen LogP contribution is -2.39. The van der Waals surface area contributed by atoms with Gasteiger partial charge in [0.05, 0.1) is 25.7 Å². The zero-order chi connectivity index (χ0) is 21.4. The van der Waals surface area contributed by atoms with Crippen molar-refractivity contribution < 1.29 is 19.1 Å². The molecule has 0 aliphatic rings. The van der Waals surface area contributed by atoms with E-state index < -0.39 is 11.8 Å². The number of hydrogen-bond acceptors (Lipinski definition) is 6. The molecule has 2 rings (SSSR count). The summed E-state index contributed by atoms with van der Waals surface area (Å²) >= 11 is 7.51. The van der Waals surface area contributed by atoms with E-state index in [-0.39, 0.29) is 13.1 Å². The molecule has 154 valence electrons. The van der Waals surface area contributed by atoms with Crippen molar-refractivity contribution in [3.8, 4) is 5.75 Å². The van der Waals surface area contributed by atoms with Crippen LogP contribution in [-0.4, -0.2) is 49.7 Å². The standard InChI is InChI=1S/C19H21ClN4O4S/c1-12-6-15(16(28-3)7-14(12)20)23-17(26)8-21-18(27)9-24(11-25)10-22-19-5-4-13(2)29-19/h4-7,10-11H,8-9H2,1-3H3,(H,21,27)(H,23,26). The average Bonchev–Trinajstić information content (AvgIpc) is 3.11. The van der Waals surface area contributed by atoms with Gasteiger partial charge in [-0.2, -0.15) is 0 Å². The van der Waals surface area contributed by atoms with E-state index in [0.717, 1.165) is 20.3 Å². The first-order valence-corrected chi connectivity index (χ1v) is 9.74. The highest BCUT2D eigenvalue weighted by Gasteiger charge is 2.12. The van der Waals surface area contributed by atoms with Gasteiger partial charge >= 0.3 is 0 Å². The molecule has 0 radical (unpaired) electrons. The molecule has 3 amide bonds. The van der Waals surface area contributed by atoms with Gasteiger partial charge in [0.15, 0.2) is 0 Å². The van der Waals surface area contributed by atoms with Crippen LogP contribution in [0, 0.1) is 13.8 Å². The maximum absolute atomic E-state index is 12.1. The summed E-state index contributed by atoms with van der Waals surface area (Å²) in [5, 5.41) is 6.35. The molecule has 0 fully saturated rings. The van der Waals surface area contributed by atoms with E-state index in [2.05, 4.69) is 15.6 Å². The van der Waals surface area contributed by atoms with Crippen LogP contribution in [0.2, 0.25) is 5.02 Å². The Morgan fingerprint density at radius 3 is 2.66 bits per heavy atom. The molecule has 10 heteroatoms. The molecule has 0 unspecified atom stereocenters. The fourth-order valence-electron chi connectivity index (χ4n) is 2.25. The number of ether oxygens (including phenoxy) is 1. The van der Waals surface area contributed by atoms with Gasteiger partial charge in [-0.1, -0.05) is 11.6 Å². The van der Waals surface area contributed by atoms with Crippen LogP contribution in [0.25, 0.3) is 0 Å². The number of carbonyl (C=O) groups excluding carboxylic acids is 3. The third-order valence-corrected chi connectivity index (χ3v) is 5.04. The molecule has 0 aliphatic heterocycles. The zero-order valence-electron chi connectivity index (χ0n) is 16.2. The Morgan fingerprint density at radius 1 is 1.28 bits per heavy atom. The second-order valence-corrected chi connectivity index (χ2v) is 7.71. The lowest BCUT2D eigenvalue weighted by atomic mass is 10.2. The minimum absolute atomic E-state index is 0.256. The molecule has 2 N–H and O–H groups in total. The van der Waals surface area contributed by atoms with Crippen molar-refractivity contribution in [1.29, 1.82) is 0 Å². The van der Waals surface area contributed by atoms with Gasteiger partial charge in [0, 0.05) is 16.0 Å². The summed E-state index contributed by atoms with van der Waals surface area (Å²) in [5.41, 5.74) is 1.22. The van der Waals surface area contributed by atoms with Crippen LogP contribution in [-0.2, 0) is 14.4 Å². The Bertz CT molecular complexity index is 929. The first-order chi connectivity index (χ1) is 13.8. The Morgan fingerprint density at radius 2 is 2.03 bits per heavy atom. The summed E-state index contributed by atoms with van der Waals surface area (Å²) in [6.45, 7) is 3.22. The van der Waals surface area contributed by atoms with Crippen LogP contribution in [0.4, 0.5) is 10.7 Å². The van der Waals surface area contributed by atoms with Crippen molar-refractivity contribution in [2.75, 3.05) is 25.5 Å². The first kappa shape index (κ1) is 22.4. The predicted octanol–water partition coefficient (Wildman–Crippen LogP) is 2.90. The predicted molar refractivity (Wildman–Crippen MR) is 114 cm³/mol. The summed E-state index contributed by atoms with van der Waals surface area (Å²) in [6.07, 6.45) is 1.77. The minimum Gasteiger partial charge on any atom is -0.495 e. The monoisotopic (exact) mass is 436 g/mol. The number of nitrogens with zero attached hydrogens (tertiary/aromatic N) is 2. The normalized spacial score (nSPS) is 10.6. The molecule has 0 spiro atoms. The number of nitrogens with one attached hydrogen (secondary N) is 2. The van der Waals surface area contributed by atoms with Crippen LogP contribution < -0.4 is 15.4 Å². The summed E-state index contributed by atoms with van der Waals surface area (Å²) in [7, 11) is 1.46. The molecule has 29 heavy (non-hydrogen) atoms. The number of thiophene rings is 1. The summed E-state index contributed by atoms with van der Waals surface area (Å²) < 4.78 is 5.19. The minimum atomic E-state index is -0.500. The summed E-state index contributed by atoms with van der Waals surface area (Å²) in [4.78, 5) is 41.6. The Hall–Kier alpha value is -2.91. The van der Waals surface area contributed by atoms with Crippen molar-refractivity contribution in [2.45, 2.75) is 13.8 Å². The van der Waals surface area contributed by atoms with Crippen molar-refractivity contribution in [2.24, 2.45) is 4.99 Å². The fourth-order valence-corrected chi connectivity index (χ4v) is 3.11. The number of amides is 3. The van der Waals surface area contributed by atoms with Crippen molar-refractivity contribution in [3.05, 3.63) is 39.7 Å². The summed E-state index contributed by atoms with van der Waals surface area (Å²) in [5.74, 6) is -0.536. The van der Waals surface area contributed by atoms with Gasteiger partial charge in [-0.3, -0.25) is 19.3 Å². The van der Waals surface area contributed by atoms with E-state index in [0.29, 0.717) is 22.9 Å². The van der Waals surface area contributed by atoms with Crippen LogP contribution in [0.3, 0.4) is 0 Å². The smallest absolute Gasteiger partial charge is 0.243 e. The highest BCUT2D eigenvalue weighted by atomic mass is 35.5. The number of benzene rings is 1. The number of hydrogen-bond donors (Lipinski definition) is 2. The molecule has 1 aromatic carbocycles. The van der Waals surface area contributed by atoms with Crippen molar-refractivity contribution >= 4 is 58.2 Å². The molecule has 0 saturated heterocycles. The highest BCUT2D eigenvalue weighted by Crippen LogP contribution is 2.30. The maximum atomic E-state index is 12.1. The topological polar surface area (TPSA) is 100 Å². The van der Waals surface area contributed by atoms with Gasteiger partial charge in [0.1, 0.15) is 17.3 Å². The molecular weight excluding hydrogens is 416 g/mol. The third kappa shape index (κ3) is 6.88. The van der Waals surface area contributed by atoms with Gasteiger partial charge in [0.2, 0.25) is 18.2 Å². The number of carbonyl (C=O) groups is 3. The highest BCUT2D eigenvalue weighted by molar-refractivity contribution is 7.15. The molecule has 0 atom stereocenters. The molecule has 1 aromatic heterocycles. The van der Waals surface area contributed by atoms with Gasteiger partial charge in [-0.05, 0) is 37.6 Å². The number of aliphatic imine (C=N–C) groups is 1. The second kappa shape index (κ2) is 10.6. The first-order valence-electron chi connectivity index (χ1n) is 8.54. The molecule has 8 nitrogen and oxygen atoms in total. The van der Waals surface area contributed by atoms with Crippen molar-refractivity contribution in [1.82, 2.24) is 10.2 Å². The van der Waals surface area contributed by atoms with E-state index in [1.54, 1.807) is 19.1 Å². The average molecular weight is 437 g/mol. The number of rotatable bonds is 9. The number of halogens is 1. The third-order valence-electron chi connectivity index (χ3n) is 3.72. The van der Waals surface area contributed by atoms with Crippen LogP contribution in [0.15, 0.2) is 29.3 Å². The maximum Gasteiger partial charge on any atom is 0.243 e. The van der Waals surface area contributed by atoms with E-state index in [1.807, 2.05) is 19.1 Å². The van der Waals surface area contributed by atoms with E-state index in [4.69, 9.17) is 16.3 Å². The zero-order valence-corrected chi connectivity index (χ0v) is 17.8. The SMILES string of the molecule is COc1cc(Cl)c(C)cc1NC(=O)CNC(=O)CN(C=O)C=Nc1ccc(C)s1. The Kier molecular flexibility index (Phi) is 8.17. The molecule has 0 bridgehead atoms. The number of anilines is 1. The Labute approximate surface area is 177 Å². The Balaban J connectivity index is 1.86. The number of aryl methyl sites for hydroxylation is 2. The molecule has 2 aromatic rings. The quantitative estimate of drug-likeness (QED) is 0.358.